The van der Waals surface area contributed by atoms with E-state index in [-0.39, 0.29) is 22.3 Å². The van der Waals surface area contributed by atoms with Crippen molar-refractivity contribution in [2.24, 2.45) is 11.3 Å². The number of benzene rings is 2. The molecule has 1 aliphatic heterocycles. The first kappa shape index (κ1) is 26.5. The Morgan fingerprint density at radius 3 is 2.39 bits per heavy atom. The van der Waals surface area contributed by atoms with E-state index >= 15 is 0 Å². The number of carbonyl (C=O) groups is 3. The summed E-state index contributed by atoms with van der Waals surface area (Å²) in [6.45, 7) is 5.00. The van der Waals surface area contributed by atoms with Crippen molar-refractivity contribution < 1.29 is 14.4 Å². The van der Waals surface area contributed by atoms with Crippen LogP contribution >= 0.6 is 11.8 Å². The summed E-state index contributed by atoms with van der Waals surface area (Å²) in [5.74, 6) is 0.549. The third kappa shape index (κ3) is 6.20. The van der Waals surface area contributed by atoms with Gasteiger partial charge in [0.15, 0.2) is 0 Å². The molecule has 1 saturated heterocycles. The van der Waals surface area contributed by atoms with E-state index in [4.69, 9.17) is 0 Å². The molecule has 0 unspecified atom stereocenters. The van der Waals surface area contributed by atoms with Crippen LogP contribution in [0, 0.1) is 11.3 Å². The monoisotopic (exact) mass is 506 g/mol. The second kappa shape index (κ2) is 12.1. The normalized spacial score (nSPS) is 19.3. The Morgan fingerprint density at radius 1 is 0.972 bits per heavy atom. The van der Waals surface area contributed by atoms with E-state index in [0.717, 1.165) is 61.6 Å². The molecule has 192 valence electrons. The van der Waals surface area contributed by atoms with Crippen LogP contribution in [-0.2, 0) is 9.59 Å². The lowest BCUT2D eigenvalue weighted by Crippen LogP contribution is -2.39. The SMILES string of the molecule is CC(C)CCC1(C(=O)Nc2ccccc2SC(=O)[C@@H]2CCCN2C(=O)c2ccccc2)CCCCC1. The van der Waals surface area contributed by atoms with Gasteiger partial charge in [-0.1, -0.05) is 63.4 Å². The fourth-order valence-electron chi connectivity index (χ4n) is 5.48. The van der Waals surface area contributed by atoms with Gasteiger partial charge in [-0.25, -0.2) is 0 Å². The minimum Gasteiger partial charge on any atom is -0.328 e. The highest BCUT2D eigenvalue weighted by molar-refractivity contribution is 8.14. The first-order valence-corrected chi connectivity index (χ1v) is 14.2. The van der Waals surface area contributed by atoms with Gasteiger partial charge in [-0.05, 0) is 80.5 Å². The third-order valence-electron chi connectivity index (χ3n) is 7.64. The second-order valence-electron chi connectivity index (χ2n) is 10.7. The van der Waals surface area contributed by atoms with E-state index in [1.54, 1.807) is 17.0 Å². The van der Waals surface area contributed by atoms with Crippen LogP contribution in [0.15, 0.2) is 59.5 Å². The van der Waals surface area contributed by atoms with Crippen LogP contribution in [0.25, 0.3) is 0 Å². The minimum absolute atomic E-state index is 0.0503. The number of hydrogen-bond donors (Lipinski definition) is 1. The molecule has 1 saturated carbocycles. The van der Waals surface area contributed by atoms with Crippen molar-refractivity contribution in [2.45, 2.75) is 82.6 Å². The van der Waals surface area contributed by atoms with Gasteiger partial charge < -0.3 is 10.2 Å². The summed E-state index contributed by atoms with van der Waals surface area (Å²) in [6.07, 6.45) is 8.65. The van der Waals surface area contributed by atoms with E-state index in [1.807, 2.05) is 42.5 Å². The van der Waals surface area contributed by atoms with Crippen LogP contribution in [0.5, 0.6) is 0 Å². The van der Waals surface area contributed by atoms with Crippen molar-refractivity contribution in [3.05, 3.63) is 60.2 Å². The van der Waals surface area contributed by atoms with Crippen molar-refractivity contribution in [3.8, 4) is 0 Å². The van der Waals surface area contributed by atoms with Gasteiger partial charge in [0.2, 0.25) is 11.0 Å². The molecule has 1 heterocycles. The zero-order valence-corrected chi connectivity index (χ0v) is 22.3. The van der Waals surface area contributed by atoms with E-state index < -0.39 is 6.04 Å². The molecule has 2 amide bonds. The molecule has 0 radical (unpaired) electrons. The molecule has 2 aromatic carbocycles. The van der Waals surface area contributed by atoms with Gasteiger partial charge >= 0.3 is 0 Å². The van der Waals surface area contributed by atoms with Crippen LogP contribution in [0.3, 0.4) is 0 Å². The summed E-state index contributed by atoms with van der Waals surface area (Å²) in [5.41, 5.74) is 0.970. The Hall–Kier alpha value is -2.60. The molecule has 36 heavy (non-hydrogen) atoms. The topological polar surface area (TPSA) is 66.5 Å². The molecule has 1 aliphatic carbocycles. The molecule has 6 heteroatoms. The lowest BCUT2D eigenvalue weighted by molar-refractivity contribution is -0.128. The first-order valence-electron chi connectivity index (χ1n) is 13.4. The van der Waals surface area contributed by atoms with Crippen LogP contribution in [0.2, 0.25) is 0 Å². The van der Waals surface area contributed by atoms with Crippen molar-refractivity contribution in [1.29, 1.82) is 0 Å². The highest BCUT2D eigenvalue weighted by Crippen LogP contribution is 2.43. The smallest absolute Gasteiger partial charge is 0.254 e. The molecule has 2 aromatic rings. The van der Waals surface area contributed by atoms with E-state index in [2.05, 4.69) is 19.2 Å². The number of para-hydroxylation sites is 1. The Kier molecular flexibility index (Phi) is 8.89. The molecule has 0 spiro atoms. The standard InChI is InChI=1S/C30H38N2O3S/c1-22(2)17-20-30(18-9-4-10-19-30)29(35)31-24-14-7-8-16-26(24)36-28(34)25-15-11-21-32(25)27(33)23-12-5-3-6-13-23/h3,5-8,12-14,16,22,25H,4,9-11,15,17-21H2,1-2H3,(H,31,35)/t25-/m0/s1. The molecule has 1 atom stereocenters. The molecular weight excluding hydrogens is 468 g/mol. The number of amides is 2. The minimum atomic E-state index is -0.456. The van der Waals surface area contributed by atoms with Crippen molar-refractivity contribution >= 4 is 34.4 Å². The molecule has 0 aromatic heterocycles. The van der Waals surface area contributed by atoms with E-state index in [1.165, 1.54) is 6.42 Å². The third-order valence-corrected chi connectivity index (χ3v) is 8.69. The van der Waals surface area contributed by atoms with Crippen LogP contribution in [-0.4, -0.2) is 34.4 Å². The highest BCUT2D eigenvalue weighted by Gasteiger charge is 2.40. The Morgan fingerprint density at radius 2 is 1.67 bits per heavy atom. The number of nitrogens with one attached hydrogen (secondary N) is 1. The predicted octanol–water partition coefficient (Wildman–Crippen LogP) is 6.94. The molecule has 4 rings (SSSR count). The summed E-state index contributed by atoms with van der Waals surface area (Å²) in [5, 5.41) is 3.16. The Labute approximate surface area is 219 Å². The zero-order chi connectivity index (χ0) is 25.5. The molecule has 5 nitrogen and oxygen atoms in total. The number of thioether (sulfide) groups is 1. The maximum absolute atomic E-state index is 13.6. The largest absolute Gasteiger partial charge is 0.328 e. The van der Waals surface area contributed by atoms with Gasteiger partial charge in [-0.2, -0.15) is 0 Å². The Balaban J connectivity index is 1.47. The lowest BCUT2D eigenvalue weighted by atomic mass is 9.69. The average Bonchev–Trinajstić information content (AvgIpc) is 3.39. The van der Waals surface area contributed by atoms with Gasteiger partial charge in [0.25, 0.3) is 5.91 Å². The van der Waals surface area contributed by atoms with Gasteiger partial charge in [0.05, 0.1) is 5.69 Å². The van der Waals surface area contributed by atoms with E-state index in [0.29, 0.717) is 30.1 Å². The maximum atomic E-state index is 13.6. The highest BCUT2D eigenvalue weighted by atomic mass is 32.2. The molecule has 0 bridgehead atoms. The molecule has 2 aliphatic rings. The van der Waals surface area contributed by atoms with Crippen LogP contribution in [0.4, 0.5) is 5.69 Å². The van der Waals surface area contributed by atoms with E-state index in [9.17, 15) is 14.4 Å². The van der Waals surface area contributed by atoms with Crippen molar-refractivity contribution in [1.82, 2.24) is 4.90 Å². The summed E-state index contributed by atoms with van der Waals surface area (Å²) < 4.78 is 0. The van der Waals surface area contributed by atoms with Gasteiger partial charge in [-0.15, -0.1) is 0 Å². The first-order chi connectivity index (χ1) is 17.4. The maximum Gasteiger partial charge on any atom is 0.254 e. The number of hydrogen-bond acceptors (Lipinski definition) is 4. The summed E-state index contributed by atoms with van der Waals surface area (Å²) in [4.78, 5) is 42.5. The molecular formula is C30H38N2O3S. The van der Waals surface area contributed by atoms with Crippen LogP contribution < -0.4 is 5.32 Å². The fraction of sp³-hybridized carbons (Fsp3) is 0.500. The van der Waals surface area contributed by atoms with Gasteiger partial charge in [-0.3, -0.25) is 14.4 Å². The summed E-state index contributed by atoms with van der Waals surface area (Å²) in [6, 6.07) is 16.2. The lowest BCUT2D eigenvalue weighted by Gasteiger charge is -2.36. The van der Waals surface area contributed by atoms with Crippen molar-refractivity contribution in [2.75, 3.05) is 11.9 Å². The van der Waals surface area contributed by atoms with Gasteiger partial charge in [0.1, 0.15) is 6.04 Å². The summed E-state index contributed by atoms with van der Waals surface area (Å²) in [7, 11) is 0. The number of rotatable bonds is 8. The van der Waals surface area contributed by atoms with Crippen LogP contribution in [0.1, 0.15) is 82.0 Å². The number of anilines is 1. The molecule has 1 N–H and O–H groups in total. The Bertz CT molecular complexity index is 1060. The number of likely N-dealkylation sites (tertiary alicyclic amines) is 1. The second-order valence-corrected chi connectivity index (χ2v) is 11.7. The molecule has 2 fully saturated rings. The van der Waals surface area contributed by atoms with Crippen molar-refractivity contribution in [3.63, 3.8) is 0 Å². The zero-order valence-electron chi connectivity index (χ0n) is 21.5. The van der Waals surface area contributed by atoms with Gasteiger partial charge in [0, 0.05) is 22.4 Å². The number of nitrogens with zero attached hydrogens (tertiary/aromatic N) is 1. The fourth-order valence-corrected chi connectivity index (χ4v) is 6.45. The predicted molar refractivity (Wildman–Crippen MR) is 146 cm³/mol. The summed E-state index contributed by atoms with van der Waals surface area (Å²) >= 11 is 1.14. The quantitative estimate of drug-likeness (QED) is 0.394. The number of carbonyl (C=O) groups excluding carboxylic acids is 3. The average molecular weight is 507 g/mol.